The summed E-state index contributed by atoms with van der Waals surface area (Å²) in [5.41, 5.74) is 7.26. The maximum absolute atomic E-state index is 5.91. The van der Waals surface area contributed by atoms with Gasteiger partial charge in [-0.3, -0.25) is 4.90 Å². The van der Waals surface area contributed by atoms with E-state index in [2.05, 4.69) is 43.1 Å². The van der Waals surface area contributed by atoms with Crippen molar-refractivity contribution in [1.82, 2.24) is 4.90 Å². The Hall–Kier alpha value is -1.06. The van der Waals surface area contributed by atoms with Crippen LogP contribution in [-0.2, 0) is 0 Å². The molecule has 112 valence electrons. The largest absolute Gasteiger partial charge is 0.494 e. The number of hydrogen-bond donors (Lipinski definition) is 1. The minimum Gasteiger partial charge on any atom is -0.494 e. The van der Waals surface area contributed by atoms with Crippen molar-refractivity contribution in [2.45, 2.75) is 45.2 Å². The van der Waals surface area contributed by atoms with Crippen molar-refractivity contribution in [3.63, 3.8) is 0 Å². The molecule has 3 heteroatoms. The van der Waals surface area contributed by atoms with Crippen molar-refractivity contribution in [2.24, 2.45) is 11.7 Å². The Morgan fingerprint density at radius 2 is 2.00 bits per heavy atom. The molecule has 0 aromatic heterocycles. The first-order valence-corrected chi connectivity index (χ1v) is 7.82. The van der Waals surface area contributed by atoms with E-state index in [-0.39, 0.29) is 0 Å². The Morgan fingerprint density at radius 1 is 1.30 bits per heavy atom. The van der Waals surface area contributed by atoms with E-state index in [0.717, 1.165) is 18.9 Å². The second-order valence-corrected chi connectivity index (χ2v) is 5.84. The van der Waals surface area contributed by atoms with Crippen molar-refractivity contribution in [3.05, 3.63) is 29.8 Å². The summed E-state index contributed by atoms with van der Waals surface area (Å²) < 4.78 is 5.51. The van der Waals surface area contributed by atoms with E-state index in [4.69, 9.17) is 10.5 Å². The monoisotopic (exact) mass is 276 g/mol. The van der Waals surface area contributed by atoms with Gasteiger partial charge in [-0.1, -0.05) is 18.6 Å². The number of ether oxygens (including phenoxy) is 1. The molecule has 1 saturated carbocycles. The fraction of sp³-hybridized carbons (Fsp3) is 0.647. The summed E-state index contributed by atoms with van der Waals surface area (Å²) in [4.78, 5) is 2.50. The maximum atomic E-state index is 5.91. The summed E-state index contributed by atoms with van der Waals surface area (Å²) in [5.74, 6) is 1.61. The van der Waals surface area contributed by atoms with Crippen molar-refractivity contribution < 1.29 is 4.74 Å². The van der Waals surface area contributed by atoms with Crippen LogP contribution in [0.4, 0.5) is 0 Å². The molecule has 1 aliphatic carbocycles. The molecule has 3 atom stereocenters. The van der Waals surface area contributed by atoms with Crippen LogP contribution < -0.4 is 10.5 Å². The second-order valence-electron chi connectivity index (χ2n) is 5.84. The zero-order chi connectivity index (χ0) is 14.5. The Morgan fingerprint density at radius 3 is 2.60 bits per heavy atom. The normalized spacial score (nSPS) is 24.1. The number of rotatable bonds is 6. The van der Waals surface area contributed by atoms with E-state index in [1.165, 1.54) is 24.8 Å². The molecule has 3 nitrogen and oxygen atoms in total. The van der Waals surface area contributed by atoms with E-state index in [1.807, 2.05) is 6.92 Å². The zero-order valence-electron chi connectivity index (χ0n) is 13.0. The van der Waals surface area contributed by atoms with Crippen LogP contribution in [0.3, 0.4) is 0 Å². The van der Waals surface area contributed by atoms with Crippen LogP contribution in [0.2, 0.25) is 0 Å². The highest BCUT2D eigenvalue weighted by molar-refractivity contribution is 5.29. The van der Waals surface area contributed by atoms with Gasteiger partial charge in [0.2, 0.25) is 0 Å². The number of nitrogens with zero attached hydrogens (tertiary/aromatic N) is 1. The van der Waals surface area contributed by atoms with E-state index < -0.39 is 0 Å². The van der Waals surface area contributed by atoms with Crippen LogP contribution in [0.1, 0.15) is 44.7 Å². The van der Waals surface area contributed by atoms with Gasteiger partial charge in [0.25, 0.3) is 0 Å². The Balaban J connectivity index is 2.04. The van der Waals surface area contributed by atoms with Crippen molar-refractivity contribution in [2.75, 3.05) is 20.2 Å². The third kappa shape index (κ3) is 3.33. The molecule has 0 amide bonds. The van der Waals surface area contributed by atoms with Crippen molar-refractivity contribution in [1.29, 1.82) is 0 Å². The summed E-state index contributed by atoms with van der Waals surface area (Å²) in [6.07, 6.45) is 3.87. The average Bonchev–Trinajstić information content (AvgIpc) is 2.95. The van der Waals surface area contributed by atoms with Crippen LogP contribution in [0.25, 0.3) is 0 Å². The lowest BCUT2D eigenvalue weighted by molar-refractivity contribution is 0.152. The highest BCUT2D eigenvalue weighted by atomic mass is 16.5. The molecule has 1 aromatic rings. The summed E-state index contributed by atoms with van der Waals surface area (Å²) >= 11 is 0. The summed E-state index contributed by atoms with van der Waals surface area (Å²) in [7, 11) is 2.24. The first-order chi connectivity index (χ1) is 9.67. The number of hydrogen-bond acceptors (Lipinski definition) is 3. The minimum absolute atomic E-state index is 0.419. The fourth-order valence-electron chi connectivity index (χ4n) is 3.36. The van der Waals surface area contributed by atoms with E-state index in [0.29, 0.717) is 18.0 Å². The lowest BCUT2D eigenvalue weighted by Crippen LogP contribution is -2.39. The van der Waals surface area contributed by atoms with Gasteiger partial charge in [-0.25, -0.2) is 0 Å². The fourth-order valence-corrected chi connectivity index (χ4v) is 3.36. The minimum atomic E-state index is 0.419. The number of nitrogens with two attached hydrogens (primary N) is 1. The molecule has 0 heterocycles. The average molecular weight is 276 g/mol. The standard InChI is InChI=1S/C17H28N2O/c1-4-20-16-10-8-14(9-11-16)13(2)19(3)17-7-5-6-15(17)12-18/h8-11,13,15,17H,4-7,12,18H2,1-3H3. The molecule has 0 spiro atoms. The van der Waals surface area contributed by atoms with Gasteiger partial charge in [0.1, 0.15) is 5.75 Å². The van der Waals surface area contributed by atoms with Gasteiger partial charge in [-0.2, -0.15) is 0 Å². The van der Waals surface area contributed by atoms with E-state index in [1.54, 1.807) is 0 Å². The Labute approximate surface area is 123 Å². The predicted molar refractivity (Wildman–Crippen MR) is 84.0 cm³/mol. The molecule has 2 N–H and O–H groups in total. The number of benzene rings is 1. The first kappa shape index (κ1) is 15.3. The first-order valence-electron chi connectivity index (χ1n) is 7.82. The smallest absolute Gasteiger partial charge is 0.119 e. The summed E-state index contributed by atoms with van der Waals surface area (Å²) in [6.45, 7) is 5.82. The third-order valence-corrected chi connectivity index (χ3v) is 4.73. The molecule has 1 fully saturated rings. The highest BCUT2D eigenvalue weighted by Crippen LogP contribution is 2.33. The Bertz CT molecular complexity index is 404. The molecule has 1 aromatic carbocycles. The van der Waals surface area contributed by atoms with Crippen LogP contribution in [0.5, 0.6) is 5.75 Å². The SMILES string of the molecule is CCOc1ccc(C(C)N(C)C2CCCC2CN)cc1. The van der Waals surface area contributed by atoms with Gasteiger partial charge >= 0.3 is 0 Å². The van der Waals surface area contributed by atoms with Gasteiger partial charge in [-0.05, 0) is 63.9 Å². The summed E-state index contributed by atoms with van der Waals surface area (Å²) in [5, 5.41) is 0. The van der Waals surface area contributed by atoms with E-state index >= 15 is 0 Å². The molecule has 1 aliphatic rings. The van der Waals surface area contributed by atoms with Gasteiger partial charge in [0.15, 0.2) is 0 Å². The topological polar surface area (TPSA) is 38.5 Å². The molecule has 0 aliphatic heterocycles. The van der Waals surface area contributed by atoms with Gasteiger partial charge in [0.05, 0.1) is 6.61 Å². The van der Waals surface area contributed by atoms with Crippen LogP contribution >= 0.6 is 0 Å². The molecule has 0 bridgehead atoms. The summed E-state index contributed by atoms with van der Waals surface area (Å²) in [6, 6.07) is 9.54. The Kier molecular flexibility index (Phi) is 5.44. The van der Waals surface area contributed by atoms with Crippen molar-refractivity contribution >= 4 is 0 Å². The predicted octanol–water partition coefficient (Wildman–Crippen LogP) is 3.21. The van der Waals surface area contributed by atoms with Gasteiger partial charge in [0, 0.05) is 12.1 Å². The van der Waals surface area contributed by atoms with Gasteiger partial charge in [-0.15, -0.1) is 0 Å². The van der Waals surface area contributed by atoms with Crippen LogP contribution in [0.15, 0.2) is 24.3 Å². The molecule has 3 unspecified atom stereocenters. The lowest BCUT2D eigenvalue weighted by Gasteiger charge is -2.34. The van der Waals surface area contributed by atoms with Crippen LogP contribution in [0, 0.1) is 5.92 Å². The molecular formula is C17H28N2O. The van der Waals surface area contributed by atoms with Gasteiger partial charge < -0.3 is 10.5 Å². The molecule has 0 saturated heterocycles. The van der Waals surface area contributed by atoms with Crippen LogP contribution in [-0.4, -0.2) is 31.1 Å². The third-order valence-electron chi connectivity index (χ3n) is 4.73. The van der Waals surface area contributed by atoms with E-state index in [9.17, 15) is 0 Å². The quantitative estimate of drug-likeness (QED) is 0.867. The molecule has 2 rings (SSSR count). The lowest BCUT2D eigenvalue weighted by atomic mass is 9.99. The zero-order valence-corrected chi connectivity index (χ0v) is 13.0. The highest BCUT2D eigenvalue weighted by Gasteiger charge is 2.31. The van der Waals surface area contributed by atoms with Crippen molar-refractivity contribution in [3.8, 4) is 5.75 Å². The molecule has 0 radical (unpaired) electrons. The molecule has 20 heavy (non-hydrogen) atoms. The molecular weight excluding hydrogens is 248 g/mol. The second kappa shape index (κ2) is 7.09. The maximum Gasteiger partial charge on any atom is 0.119 e.